The molecule has 0 bridgehead atoms. The molecule has 0 saturated carbocycles. The molecule has 4 nitrogen and oxygen atoms in total. The van der Waals surface area contributed by atoms with Gasteiger partial charge in [0.15, 0.2) is 11.5 Å². The molecule has 2 aliphatic rings. The quantitative estimate of drug-likeness (QED) is 0.203. The molecular weight excluding hydrogens is 534 g/mol. The lowest BCUT2D eigenvalue weighted by atomic mass is 10.0. The maximum atomic E-state index is 6.85. The van der Waals surface area contributed by atoms with Gasteiger partial charge in [-0.25, -0.2) is 0 Å². The Bertz CT molecular complexity index is 1900. The summed E-state index contributed by atoms with van der Waals surface area (Å²) in [5.41, 5.74) is 4.40. The lowest BCUT2D eigenvalue weighted by Gasteiger charge is -2.30. The number of rotatable bonds is 4. The van der Waals surface area contributed by atoms with Crippen LogP contribution in [-0.4, -0.2) is 0 Å². The molecule has 6 aromatic rings. The maximum absolute atomic E-state index is 6.85. The molecule has 2 unspecified atom stereocenters. The molecule has 0 saturated heterocycles. The Kier molecular flexibility index (Phi) is 5.69. The van der Waals surface area contributed by atoms with E-state index in [1.165, 1.54) is 0 Å². The van der Waals surface area contributed by atoms with Crippen molar-refractivity contribution in [3.05, 3.63) is 133 Å². The number of fused-ring (bicyclic) bond motifs is 7. The SMILES string of the molecule is c1ccc2c(c1)OP(Oc1ccc3ccccc3c1OP1Oc3ccccc3-c3ccccc31)c1ccccc1-2. The van der Waals surface area contributed by atoms with Crippen molar-refractivity contribution in [3.8, 4) is 45.3 Å². The number of benzene rings is 6. The van der Waals surface area contributed by atoms with Gasteiger partial charge in [-0.3, -0.25) is 0 Å². The molecule has 6 heteroatoms. The van der Waals surface area contributed by atoms with E-state index in [4.69, 9.17) is 18.1 Å². The molecule has 0 amide bonds. The van der Waals surface area contributed by atoms with E-state index < -0.39 is 16.8 Å². The molecule has 40 heavy (non-hydrogen) atoms. The van der Waals surface area contributed by atoms with Crippen molar-refractivity contribution in [1.82, 2.24) is 0 Å². The van der Waals surface area contributed by atoms with Gasteiger partial charge < -0.3 is 18.1 Å². The van der Waals surface area contributed by atoms with E-state index in [0.717, 1.165) is 55.1 Å². The van der Waals surface area contributed by atoms with Gasteiger partial charge in [-0.1, -0.05) is 103 Å². The zero-order valence-electron chi connectivity index (χ0n) is 21.2. The fraction of sp³-hybridized carbons (Fsp3) is 0. The minimum Gasteiger partial charge on any atom is -0.435 e. The maximum Gasteiger partial charge on any atom is 0.326 e. The van der Waals surface area contributed by atoms with Crippen LogP contribution in [0.15, 0.2) is 133 Å². The predicted octanol–water partition coefficient (Wildman–Crippen LogP) is 8.99. The zero-order valence-corrected chi connectivity index (χ0v) is 23.0. The van der Waals surface area contributed by atoms with Gasteiger partial charge in [0.05, 0.1) is 10.6 Å². The molecule has 0 N–H and O–H groups in total. The van der Waals surface area contributed by atoms with E-state index in [1.54, 1.807) is 0 Å². The Morgan fingerprint density at radius 3 is 1.57 bits per heavy atom. The molecule has 0 aromatic heterocycles. The number of para-hydroxylation sites is 2. The summed E-state index contributed by atoms with van der Waals surface area (Å²) in [6.07, 6.45) is 0. The second-order valence-electron chi connectivity index (χ2n) is 9.52. The van der Waals surface area contributed by atoms with Crippen molar-refractivity contribution >= 4 is 38.1 Å². The summed E-state index contributed by atoms with van der Waals surface area (Å²) in [7, 11) is -2.93. The smallest absolute Gasteiger partial charge is 0.326 e. The topological polar surface area (TPSA) is 36.9 Å². The highest BCUT2D eigenvalue weighted by atomic mass is 31.2. The predicted molar refractivity (Wildman–Crippen MR) is 163 cm³/mol. The highest BCUT2D eigenvalue weighted by Crippen LogP contribution is 2.55. The molecule has 0 fully saturated rings. The Balaban J connectivity index is 1.23. The van der Waals surface area contributed by atoms with Gasteiger partial charge in [0, 0.05) is 16.5 Å². The van der Waals surface area contributed by atoms with Gasteiger partial charge in [0.25, 0.3) is 0 Å². The molecule has 0 radical (unpaired) electrons. The van der Waals surface area contributed by atoms with Crippen molar-refractivity contribution in [3.63, 3.8) is 0 Å². The third-order valence-corrected chi connectivity index (χ3v) is 10.1. The van der Waals surface area contributed by atoms with Gasteiger partial charge in [-0.15, -0.1) is 0 Å². The minimum atomic E-state index is -1.47. The second-order valence-corrected chi connectivity index (χ2v) is 12.2. The fourth-order valence-electron chi connectivity index (χ4n) is 5.23. The zero-order chi connectivity index (χ0) is 26.5. The first kappa shape index (κ1) is 23.5. The first-order chi connectivity index (χ1) is 19.8. The van der Waals surface area contributed by atoms with Gasteiger partial charge in [0.2, 0.25) is 0 Å². The van der Waals surface area contributed by atoms with Crippen LogP contribution in [0, 0.1) is 0 Å². The summed E-state index contributed by atoms with van der Waals surface area (Å²) < 4.78 is 26.6. The van der Waals surface area contributed by atoms with Crippen LogP contribution in [-0.2, 0) is 0 Å². The van der Waals surface area contributed by atoms with E-state index in [2.05, 4.69) is 66.7 Å². The summed E-state index contributed by atoms with van der Waals surface area (Å²) in [4.78, 5) is 0. The molecular formula is C34H22O4P2. The van der Waals surface area contributed by atoms with E-state index in [1.807, 2.05) is 66.7 Å². The minimum absolute atomic E-state index is 0.626. The van der Waals surface area contributed by atoms with Crippen LogP contribution in [0.1, 0.15) is 0 Å². The van der Waals surface area contributed by atoms with E-state index in [9.17, 15) is 0 Å². The first-order valence-corrected chi connectivity index (χ1v) is 15.4. The molecule has 2 atom stereocenters. The van der Waals surface area contributed by atoms with Gasteiger partial charge >= 0.3 is 16.8 Å². The summed E-state index contributed by atoms with van der Waals surface area (Å²) in [5.74, 6) is 2.92. The van der Waals surface area contributed by atoms with Gasteiger partial charge in [-0.05, 0) is 46.8 Å². The lowest BCUT2D eigenvalue weighted by molar-refractivity contribution is 0.463. The van der Waals surface area contributed by atoms with Gasteiger partial charge in [-0.2, -0.15) is 0 Å². The molecule has 8 rings (SSSR count). The summed E-state index contributed by atoms with van der Waals surface area (Å²) in [5, 5.41) is 4.10. The van der Waals surface area contributed by atoms with Crippen LogP contribution in [0.4, 0.5) is 0 Å². The van der Waals surface area contributed by atoms with E-state index in [0.29, 0.717) is 11.5 Å². The largest absolute Gasteiger partial charge is 0.435 e. The first-order valence-electron chi connectivity index (χ1n) is 13.0. The Morgan fingerprint density at radius 2 is 0.925 bits per heavy atom. The lowest BCUT2D eigenvalue weighted by Crippen LogP contribution is -2.18. The Morgan fingerprint density at radius 1 is 0.425 bits per heavy atom. The highest BCUT2D eigenvalue weighted by Gasteiger charge is 2.33. The average Bonchev–Trinajstić information content (AvgIpc) is 3.02. The molecule has 6 aromatic carbocycles. The Labute approximate surface area is 234 Å². The molecule has 2 heterocycles. The summed E-state index contributed by atoms with van der Waals surface area (Å²) in [6, 6.07) is 45.0. The Hall–Kier alpha value is -4.36. The van der Waals surface area contributed by atoms with Crippen LogP contribution >= 0.6 is 16.8 Å². The third-order valence-electron chi connectivity index (χ3n) is 7.12. The van der Waals surface area contributed by atoms with Crippen LogP contribution in [0.25, 0.3) is 33.0 Å². The molecule has 192 valence electrons. The van der Waals surface area contributed by atoms with Crippen LogP contribution < -0.4 is 28.7 Å². The van der Waals surface area contributed by atoms with Crippen LogP contribution in [0.2, 0.25) is 0 Å². The van der Waals surface area contributed by atoms with E-state index in [-0.39, 0.29) is 0 Å². The third kappa shape index (κ3) is 3.92. The molecule has 0 spiro atoms. The number of hydrogen-bond acceptors (Lipinski definition) is 4. The second kappa shape index (κ2) is 9.68. The van der Waals surface area contributed by atoms with Crippen LogP contribution in [0.3, 0.4) is 0 Å². The van der Waals surface area contributed by atoms with Crippen molar-refractivity contribution in [1.29, 1.82) is 0 Å². The van der Waals surface area contributed by atoms with Crippen molar-refractivity contribution in [2.24, 2.45) is 0 Å². The standard InChI is InChI=1S/C34H22O4P2/c1-2-12-24-23(11-1)21-22-31(37-39-32-19-9-5-15-27(32)25-13-3-7-17-29(25)35-39)34(24)38-40-33-20-10-6-16-28(33)26-14-4-8-18-30(26)36-40/h1-22H. The monoisotopic (exact) mass is 556 g/mol. The normalized spacial score (nSPS) is 16.4. The van der Waals surface area contributed by atoms with Crippen molar-refractivity contribution in [2.45, 2.75) is 0 Å². The fourth-order valence-corrected chi connectivity index (χ4v) is 8.25. The summed E-state index contributed by atoms with van der Waals surface area (Å²) >= 11 is 0. The average molecular weight is 556 g/mol. The molecule has 2 aliphatic heterocycles. The number of hydrogen-bond donors (Lipinski definition) is 0. The van der Waals surface area contributed by atoms with Crippen molar-refractivity contribution < 1.29 is 18.1 Å². The van der Waals surface area contributed by atoms with E-state index >= 15 is 0 Å². The summed E-state index contributed by atoms with van der Waals surface area (Å²) in [6.45, 7) is 0. The highest BCUT2D eigenvalue weighted by molar-refractivity contribution is 7.57. The van der Waals surface area contributed by atoms with Gasteiger partial charge in [0.1, 0.15) is 11.5 Å². The van der Waals surface area contributed by atoms with Crippen LogP contribution in [0.5, 0.6) is 23.0 Å². The molecule has 0 aliphatic carbocycles. The van der Waals surface area contributed by atoms with Crippen molar-refractivity contribution in [2.75, 3.05) is 0 Å².